The number of ether oxygens (including phenoxy) is 2. The largest absolute Gasteiger partial charge is 0.494 e. The molecule has 0 amide bonds. The van der Waals surface area contributed by atoms with Crippen molar-refractivity contribution >= 4 is 0 Å². The summed E-state index contributed by atoms with van der Waals surface area (Å²) in [6.07, 6.45) is 14.1. The smallest absolute Gasteiger partial charge is 0.162 e. The predicted molar refractivity (Wildman–Crippen MR) is 144 cm³/mol. The van der Waals surface area contributed by atoms with Crippen molar-refractivity contribution in [3.63, 3.8) is 0 Å². The minimum atomic E-state index is 0.594. The first-order chi connectivity index (χ1) is 17.8. The van der Waals surface area contributed by atoms with Gasteiger partial charge in [0.05, 0.1) is 18.8 Å². The number of unbranched alkanes of at least 4 members (excludes halogenated alkanes) is 4. The summed E-state index contributed by atoms with van der Waals surface area (Å²) in [6.45, 7) is 5.86. The molecular formula is C30H34N4O2. The van der Waals surface area contributed by atoms with Gasteiger partial charge in [-0.05, 0) is 54.8 Å². The van der Waals surface area contributed by atoms with Crippen LogP contribution in [-0.4, -0.2) is 33.1 Å². The van der Waals surface area contributed by atoms with Crippen LogP contribution in [0, 0.1) is 0 Å². The highest BCUT2D eigenvalue weighted by Crippen LogP contribution is 2.24. The summed E-state index contributed by atoms with van der Waals surface area (Å²) in [5.74, 6) is 3.01. The van der Waals surface area contributed by atoms with E-state index in [-0.39, 0.29) is 0 Å². The van der Waals surface area contributed by atoms with Crippen molar-refractivity contribution in [1.82, 2.24) is 19.9 Å². The fraction of sp³-hybridized carbons (Fsp3) is 0.333. The number of hydrogen-bond donors (Lipinski definition) is 0. The van der Waals surface area contributed by atoms with Gasteiger partial charge in [-0.15, -0.1) is 0 Å². The van der Waals surface area contributed by atoms with E-state index in [9.17, 15) is 0 Å². The first-order valence-electron chi connectivity index (χ1n) is 12.9. The normalized spacial score (nSPS) is 10.8. The third-order valence-electron chi connectivity index (χ3n) is 5.90. The second-order valence-corrected chi connectivity index (χ2v) is 8.75. The lowest BCUT2D eigenvalue weighted by Gasteiger charge is -2.08. The minimum Gasteiger partial charge on any atom is -0.494 e. The van der Waals surface area contributed by atoms with Gasteiger partial charge < -0.3 is 9.47 Å². The Morgan fingerprint density at radius 2 is 0.944 bits per heavy atom. The molecule has 0 atom stereocenters. The molecule has 2 aromatic carbocycles. The van der Waals surface area contributed by atoms with Crippen LogP contribution in [0.25, 0.3) is 33.9 Å². The summed E-state index contributed by atoms with van der Waals surface area (Å²) in [5.41, 5.74) is 3.71. The molecule has 4 aromatic rings. The summed E-state index contributed by atoms with van der Waals surface area (Å²) in [6, 6.07) is 15.9. The van der Waals surface area contributed by atoms with Crippen LogP contribution in [0.1, 0.15) is 52.4 Å². The van der Waals surface area contributed by atoms with Crippen LogP contribution >= 0.6 is 0 Å². The molecule has 0 N–H and O–H groups in total. The van der Waals surface area contributed by atoms with Crippen molar-refractivity contribution in [2.75, 3.05) is 13.2 Å². The van der Waals surface area contributed by atoms with E-state index in [1.54, 1.807) is 12.4 Å². The maximum Gasteiger partial charge on any atom is 0.162 e. The van der Waals surface area contributed by atoms with Crippen molar-refractivity contribution < 1.29 is 9.47 Å². The number of nitrogens with zero attached hydrogens (tertiary/aromatic N) is 4. The summed E-state index contributed by atoms with van der Waals surface area (Å²) in [4.78, 5) is 18.1. The van der Waals surface area contributed by atoms with Gasteiger partial charge in [0.25, 0.3) is 0 Å². The van der Waals surface area contributed by atoms with Gasteiger partial charge in [0.1, 0.15) is 11.5 Å². The standard InChI is InChI=1S/C30H34N4O2/c1-3-5-7-8-18-36-28-15-11-24(12-16-28)29-33-21-26(22-34-29)30-31-19-25(20-32-30)23-9-13-27(14-10-23)35-17-6-4-2/h9-16,19-22H,3-8,17-18H2,1-2H3. The Hall–Kier alpha value is -3.80. The van der Waals surface area contributed by atoms with Gasteiger partial charge in [0.2, 0.25) is 0 Å². The predicted octanol–water partition coefficient (Wildman–Crippen LogP) is 7.41. The number of rotatable bonds is 13. The molecule has 0 aliphatic rings. The van der Waals surface area contributed by atoms with E-state index in [0.29, 0.717) is 11.6 Å². The third kappa shape index (κ3) is 7.11. The summed E-state index contributed by atoms with van der Waals surface area (Å²) in [5, 5.41) is 0. The molecule has 6 nitrogen and oxygen atoms in total. The molecule has 0 bridgehead atoms. The summed E-state index contributed by atoms with van der Waals surface area (Å²) >= 11 is 0. The Morgan fingerprint density at radius 1 is 0.472 bits per heavy atom. The quantitative estimate of drug-likeness (QED) is 0.185. The van der Waals surface area contributed by atoms with E-state index in [4.69, 9.17) is 9.47 Å². The molecule has 0 saturated carbocycles. The lowest BCUT2D eigenvalue weighted by molar-refractivity contribution is 0.305. The molecule has 6 heteroatoms. The van der Waals surface area contributed by atoms with Crippen LogP contribution in [0.2, 0.25) is 0 Å². The summed E-state index contributed by atoms with van der Waals surface area (Å²) < 4.78 is 11.6. The SMILES string of the molecule is CCCCCCOc1ccc(-c2ncc(-c3ncc(-c4ccc(OCCCC)cc4)cn3)cn2)cc1. The Balaban J connectivity index is 1.34. The second-order valence-electron chi connectivity index (χ2n) is 8.75. The zero-order valence-electron chi connectivity index (χ0n) is 21.2. The highest BCUT2D eigenvalue weighted by Gasteiger charge is 2.07. The molecule has 0 aliphatic heterocycles. The van der Waals surface area contributed by atoms with Crippen molar-refractivity contribution in [3.8, 4) is 45.4 Å². The Labute approximate surface area is 213 Å². The van der Waals surface area contributed by atoms with Crippen molar-refractivity contribution in [2.45, 2.75) is 52.4 Å². The Bertz CT molecular complexity index is 1180. The molecular weight excluding hydrogens is 448 g/mol. The van der Waals surface area contributed by atoms with E-state index in [1.807, 2.05) is 60.9 Å². The van der Waals surface area contributed by atoms with E-state index < -0.39 is 0 Å². The lowest BCUT2D eigenvalue weighted by atomic mass is 10.1. The third-order valence-corrected chi connectivity index (χ3v) is 5.90. The van der Waals surface area contributed by atoms with Crippen LogP contribution in [0.3, 0.4) is 0 Å². The van der Waals surface area contributed by atoms with Crippen molar-refractivity contribution in [1.29, 1.82) is 0 Å². The first kappa shape index (κ1) is 25.3. The van der Waals surface area contributed by atoms with Gasteiger partial charge in [-0.1, -0.05) is 51.7 Å². The molecule has 0 aliphatic carbocycles. The Morgan fingerprint density at radius 3 is 1.50 bits per heavy atom. The number of benzene rings is 2. The Kier molecular flexibility index (Phi) is 9.37. The zero-order valence-corrected chi connectivity index (χ0v) is 21.2. The van der Waals surface area contributed by atoms with Crippen LogP contribution in [0.5, 0.6) is 11.5 Å². The minimum absolute atomic E-state index is 0.594. The van der Waals surface area contributed by atoms with E-state index in [2.05, 4.69) is 33.8 Å². The zero-order chi connectivity index (χ0) is 25.0. The van der Waals surface area contributed by atoms with Gasteiger partial charge in [0, 0.05) is 35.9 Å². The number of hydrogen-bond acceptors (Lipinski definition) is 6. The molecule has 0 fully saturated rings. The van der Waals surface area contributed by atoms with Gasteiger partial charge in [0.15, 0.2) is 11.6 Å². The van der Waals surface area contributed by atoms with Gasteiger partial charge >= 0.3 is 0 Å². The highest BCUT2D eigenvalue weighted by atomic mass is 16.5. The molecule has 0 spiro atoms. The van der Waals surface area contributed by atoms with E-state index >= 15 is 0 Å². The molecule has 36 heavy (non-hydrogen) atoms. The fourth-order valence-electron chi connectivity index (χ4n) is 3.72. The van der Waals surface area contributed by atoms with Gasteiger partial charge in [-0.3, -0.25) is 0 Å². The second kappa shape index (κ2) is 13.3. The average molecular weight is 483 g/mol. The first-order valence-corrected chi connectivity index (χ1v) is 12.9. The molecule has 186 valence electrons. The van der Waals surface area contributed by atoms with Gasteiger partial charge in [-0.2, -0.15) is 0 Å². The monoisotopic (exact) mass is 482 g/mol. The summed E-state index contributed by atoms with van der Waals surface area (Å²) in [7, 11) is 0. The molecule has 2 aromatic heterocycles. The number of aromatic nitrogens is 4. The highest BCUT2D eigenvalue weighted by molar-refractivity contribution is 5.64. The molecule has 2 heterocycles. The molecule has 4 rings (SSSR count). The van der Waals surface area contributed by atoms with Crippen molar-refractivity contribution in [2.24, 2.45) is 0 Å². The molecule has 0 radical (unpaired) electrons. The maximum absolute atomic E-state index is 5.82. The van der Waals surface area contributed by atoms with Crippen LogP contribution in [-0.2, 0) is 0 Å². The van der Waals surface area contributed by atoms with Crippen LogP contribution < -0.4 is 9.47 Å². The molecule has 0 saturated heterocycles. The molecule has 0 unspecified atom stereocenters. The maximum atomic E-state index is 5.82. The fourth-order valence-corrected chi connectivity index (χ4v) is 3.72. The average Bonchev–Trinajstić information content (AvgIpc) is 2.94. The van der Waals surface area contributed by atoms with Gasteiger partial charge in [-0.25, -0.2) is 19.9 Å². The van der Waals surface area contributed by atoms with Crippen molar-refractivity contribution in [3.05, 3.63) is 73.3 Å². The topological polar surface area (TPSA) is 70.0 Å². The van der Waals surface area contributed by atoms with Crippen LogP contribution in [0.4, 0.5) is 0 Å². The lowest BCUT2D eigenvalue weighted by Crippen LogP contribution is -1.97. The van der Waals surface area contributed by atoms with Crippen LogP contribution in [0.15, 0.2) is 73.3 Å². The van der Waals surface area contributed by atoms with E-state index in [0.717, 1.165) is 66.2 Å². The van der Waals surface area contributed by atoms with E-state index in [1.165, 1.54) is 19.3 Å².